The van der Waals surface area contributed by atoms with Gasteiger partial charge in [0.2, 0.25) is 0 Å². The summed E-state index contributed by atoms with van der Waals surface area (Å²) < 4.78 is 7.10. The van der Waals surface area contributed by atoms with E-state index in [1.807, 2.05) is 38.1 Å². The van der Waals surface area contributed by atoms with E-state index >= 15 is 0 Å². The Labute approximate surface area is 187 Å². The van der Waals surface area contributed by atoms with Gasteiger partial charge in [0, 0.05) is 17.2 Å². The molecule has 5 nitrogen and oxygen atoms in total. The second-order valence-electron chi connectivity index (χ2n) is 6.56. The maximum Gasteiger partial charge on any atom is 0.265 e. The van der Waals surface area contributed by atoms with Crippen LogP contribution in [0.25, 0.3) is 6.08 Å². The fraction of sp³-hybridized carbons (Fsp3) is 0.190. The summed E-state index contributed by atoms with van der Waals surface area (Å²) in [6.45, 7) is 3.79. The highest BCUT2D eigenvalue weighted by atomic mass is 79.9. The van der Waals surface area contributed by atoms with E-state index in [1.165, 1.54) is 16.7 Å². The molecule has 2 aromatic carbocycles. The largest absolute Gasteiger partial charge is 0.484 e. The smallest absolute Gasteiger partial charge is 0.265 e. The number of likely N-dealkylation sites (N-methyl/N-ethyl adjacent to an activating group) is 1. The Bertz CT molecular complexity index is 996. The van der Waals surface area contributed by atoms with Crippen molar-refractivity contribution in [3.63, 3.8) is 0 Å². The van der Waals surface area contributed by atoms with Gasteiger partial charge in [0.05, 0.1) is 4.91 Å². The molecule has 1 saturated heterocycles. The van der Waals surface area contributed by atoms with Crippen LogP contribution < -0.4 is 10.1 Å². The minimum absolute atomic E-state index is 0.0945. The SMILES string of the molecule is Cc1cc(Br)cc(C)c1NC(=O)COc1ccc(C=C2SC(=S)N(C)C2=O)cc1. The van der Waals surface area contributed by atoms with Crippen LogP contribution in [0.1, 0.15) is 16.7 Å². The van der Waals surface area contributed by atoms with E-state index < -0.39 is 0 Å². The van der Waals surface area contributed by atoms with E-state index in [1.54, 1.807) is 25.3 Å². The molecule has 0 atom stereocenters. The van der Waals surface area contributed by atoms with E-state index in [2.05, 4.69) is 21.2 Å². The van der Waals surface area contributed by atoms with E-state index in [0.29, 0.717) is 15.0 Å². The second kappa shape index (κ2) is 9.11. The minimum Gasteiger partial charge on any atom is -0.484 e. The van der Waals surface area contributed by atoms with Crippen LogP contribution in [0.3, 0.4) is 0 Å². The van der Waals surface area contributed by atoms with Gasteiger partial charge in [-0.15, -0.1) is 0 Å². The molecule has 1 fully saturated rings. The number of hydrogen-bond donors (Lipinski definition) is 1. The maximum absolute atomic E-state index is 12.3. The van der Waals surface area contributed by atoms with Gasteiger partial charge in [-0.2, -0.15) is 0 Å². The third kappa shape index (κ3) is 5.26. The van der Waals surface area contributed by atoms with Gasteiger partial charge >= 0.3 is 0 Å². The Hall–Kier alpha value is -2.16. The molecule has 2 amide bonds. The van der Waals surface area contributed by atoms with Crippen LogP contribution in [0.15, 0.2) is 45.8 Å². The van der Waals surface area contributed by atoms with Crippen molar-refractivity contribution in [2.75, 3.05) is 19.0 Å². The molecule has 0 spiro atoms. The topological polar surface area (TPSA) is 58.6 Å². The van der Waals surface area contributed by atoms with Crippen molar-refractivity contribution in [2.24, 2.45) is 0 Å². The van der Waals surface area contributed by atoms with Gasteiger partial charge < -0.3 is 10.1 Å². The van der Waals surface area contributed by atoms with Gasteiger partial charge in [-0.3, -0.25) is 14.5 Å². The molecular formula is C21H19BrN2O3S2. The zero-order valence-electron chi connectivity index (χ0n) is 16.1. The average molecular weight is 491 g/mol. The van der Waals surface area contributed by atoms with Crippen LogP contribution in [-0.2, 0) is 9.59 Å². The van der Waals surface area contributed by atoms with Gasteiger partial charge in [0.15, 0.2) is 6.61 Å². The van der Waals surface area contributed by atoms with Crippen LogP contribution in [0.5, 0.6) is 5.75 Å². The van der Waals surface area contributed by atoms with Crippen LogP contribution in [-0.4, -0.2) is 34.7 Å². The number of ether oxygens (including phenoxy) is 1. The van der Waals surface area contributed by atoms with Crippen molar-refractivity contribution in [2.45, 2.75) is 13.8 Å². The summed E-state index contributed by atoms with van der Waals surface area (Å²) in [5.41, 5.74) is 3.61. The number of amides is 2. The van der Waals surface area contributed by atoms with Crippen molar-refractivity contribution in [3.05, 3.63) is 62.5 Å². The van der Waals surface area contributed by atoms with Crippen LogP contribution >= 0.6 is 39.9 Å². The molecule has 0 aromatic heterocycles. The second-order valence-corrected chi connectivity index (χ2v) is 9.15. The lowest BCUT2D eigenvalue weighted by molar-refractivity contribution is -0.121. The fourth-order valence-corrected chi connectivity index (χ4v) is 4.66. The Morgan fingerprint density at radius 2 is 1.86 bits per heavy atom. The maximum atomic E-state index is 12.3. The van der Waals surface area contributed by atoms with Gasteiger partial charge in [0.1, 0.15) is 10.1 Å². The highest BCUT2D eigenvalue weighted by molar-refractivity contribution is 9.10. The van der Waals surface area contributed by atoms with E-state index in [-0.39, 0.29) is 18.4 Å². The molecule has 2 aromatic rings. The van der Waals surface area contributed by atoms with Crippen LogP contribution in [0.2, 0.25) is 0 Å². The fourth-order valence-electron chi connectivity index (χ4n) is 2.79. The molecule has 0 bridgehead atoms. The Morgan fingerprint density at radius 1 is 1.24 bits per heavy atom. The number of halogens is 1. The minimum atomic E-state index is -0.228. The first-order chi connectivity index (χ1) is 13.7. The Balaban J connectivity index is 1.59. The van der Waals surface area contributed by atoms with Gasteiger partial charge in [-0.05, 0) is 60.9 Å². The first-order valence-electron chi connectivity index (χ1n) is 8.75. The zero-order valence-corrected chi connectivity index (χ0v) is 19.3. The number of aryl methyl sites for hydroxylation is 2. The standard InChI is InChI=1S/C21H19BrN2O3S2/c1-12-8-15(22)9-13(2)19(12)23-18(25)11-27-16-6-4-14(5-7-16)10-17-20(26)24(3)21(28)29-17/h4-10H,11H2,1-3H3,(H,23,25). The van der Waals surface area contributed by atoms with Crippen molar-refractivity contribution in [1.82, 2.24) is 4.90 Å². The lowest BCUT2D eigenvalue weighted by Gasteiger charge is -2.13. The Morgan fingerprint density at radius 3 is 2.41 bits per heavy atom. The number of benzene rings is 2. The number of anilines is 1. The molecule has 0 radical (unpaired) electrons. The summed E-state index contributed by atoms with van der Waals surface area (Å²) in [4.78, 5) is 26.4. The molecule has 150 valence electrons. The summed E-state index contributed by atoms with van der Waals surface area (Å²) >= 11 is 9.86. The van der Waals surface area contributed by atoms with Gasteiger partial charge in [-0.25, -0.2) is 0 Å². The summed E-state index contributed by atoms with van der Waals surface area (Å²) in [7, 11) is 1.66. The average Bonchev–Trinajstić information content (AvgIpc) is 2.91. The van der Waals surface area contributed by atoms with Crippen molar-refractivity contribution < 1.29 is 14.3 Å². The molecule has 0 saturated carbocycles. The van der Waals surface area contributed by atoms with E-state index in [4.69, 9.17) is 17.0 Å². The molecule has 0 aliphatic carbocycles. The summed E-state index contributed by atoms with van der Waals surface area (Å²) in [5, 5.41) is 2.90. The quantitative estimate of drug-likeness (QED) is 0.476. The first-order valence-corrected chi connectivity index (χ1v) is 10.8. The van der Waals surface area contributed by atoms with E-state index in [0.717, 1.165) is 26.9 Å². The summed E-state index contributed by atoms with van der Waals surface area (Å²) in [6, 6.07) is 11.1. The molecule has 3 rings (SSSR count). The molecule has 29 heavy (non-hydrogen) atoms. The van der Waals surface area contributed by atoms with E-state index in [9.17, 15) is 9.59 Å². The number of rotatable bonds is 5. The van der Waals surface area contributed by atoms with Crippen molar-refractivity contribution in [1.29, 1.82) is 0 Å². The van der Waals surface area contributed by atoms with Gasteiger partial charge in [0.25, 0.3) is 11.8 Å². The van der Waals surface area contributed by atoms with Crippen LogP contribution in [0.4, 0.5) is 5.69 Å². The molecule has 1 N–H and O–H groups in total. The van der Waals surface area contributed by atoms with Crippen LogP contribution in [0, 0.1) is 13.8 Å². The number of nitrogens with zero attached hydrogens (tertiary/aromatic N) is 1. The molecule has 0 unspecified atom stereocenters. The molecule has 8 heteroatoms. The Kier molecular flexibility index (Phi) is 6.77. The predicted octanol–water partition coefficient (Wildman–Crippen LogP) is 4.91. The number of carbonyl (C=O) groups is 2. The monoisotopic (exact) mass is 490 g/mol. The lowest BCUT2D eigenvalue weighted by Crippen LogP contribution is -2.22. The molecule has 1 aliphatic rings. The molecule has 1 heterocycles. The lowest BCUT2D eigenvalue weighted by atomic mass is 10.1. The normalized spacial score (nSPS) is 15.2. The molecular weight excluding hydrogens is 472 g/mol. The number of hydrogen-bond acceptors (Lipinski definition) is 5. The zero-order chi connectivity index (χ0) is 21.1. The van der Waals surface area contributed by atoms with Crippen molar-refractivity contribution in [3.8, 4) is 5.75 Å². The number of nitrogens with one attached hydrogen (secondary N) is 1. The number of thioether (sulfide) groups is 1. The summed E-state index contributed by atoms with van der Waals surface area (Å²) in [5.74, 6) is 0.245. The first kappa shape index (κ1) is 21.5. The van der Waals surface area contributed by atoms with Crippen molar-refractivity contribution >= 4 is 67.8 Å². The third-order valence-corrected chi connectivity index (χ3v) is 6.24. The number of carbonyl (C=O) groups excluding carboxylic acids is 2. The summed E-state index contributed by atoms with van der Waals surface area (Å²) in [6.07, 6.45) is 1.79. The van der Waals surface area contributed by atoms with Gasteiger partial charge in [-0.1, -0.05) is 52.0 Å². The highest BCUT2D eigenvalue weighted by Gasteiger charge is 2.28. The predicted molar refractivity (Wildman–Crippen MR) is 125 cm³/mol. The highest BCUT2D eigenvalue weighted by Crippen LogP contribution is 2.31. The molecule has 1 aliphatic heterocycles. The number of thiocarbonyl (C=S) groups is 1. The third-order valence-electron chi connectivity index (χ3n) is 4.30.